The molecule has 2 heterocycles. The lowest BCUT2D eigenvalue weighted by atomic mass is 10.1. The minimum atomic E-state index is -0.00159. The number of anilines is 1. The third kappa shape index (κ3) is 3.42. The zero-order valence-electron chi connectivity index (χ0n) is 12.7. The molecule has 1 N–H and O–H groups in total. The Labute approximate surface area is 130 Å². The second-order valence-corrected chi connectivity index (χ2v) is 5.63. The fourth-order valence-electron chi connectivity index (χ4n) is 2.55. The van der Waals surface area contributed by atoms with E-state index in [9.17, 15) is 4.79 Å². The highest BCUT2D eigenvalue weighted by molar-refractivity contribution is 5.93. The summed E-state index contributed by atoms with van der Waals surface area (Å²) in [5.74, 6) is 0.677. The Morgan fingerprint density at radius 2 is 1.91 bits per heavy atom. The number of carbonyl (C=O) groups excluding carboxylic acids is 1. The molecule has 0 spiro atoms. The van der Waals surface area contributed by atoms with Crippen LogP contribution in [0.5, 0.6) is 0 Å². The summed E-state index contributed by atoms with van der Waals surface area (Å²) in [5, 5.41) is 3.24. The molecule has 0 saturated carbocycles. The number of benzene rings is 1. The van der Waals surface area contributed by atoms with Crippen LogP contribution in [0.15, 0.2) is 36.7 Å². The van der Waals surface area contributed by atoms with E-state index in [1.54, 1.807) is 6.07 Å². The highest BCUT2D eigenvalue weighted by atomic mass is 16.2. The van der Waals surface area contributed by atoms with E-state index < -0.39 is 0 Å². The number of aryl methyl sites for hydroxylation is 1. The van der Waals surface area contributed by atoms with Gasteiger partial charge >= 0.3 is 0 Å². The Hall–Kier alpha value is -2.43. The molecule has 1 aliphatic heterocycles. The van der Waals surface area contributed by atoms with Crippen LogP contribution in [-0.4, -0.2) is 33.9 Å². The molecule has 1 aliphatic rings. The molecule has 0 radical (unpaired) electrons. The van der Waals surface area contributed by atoms with Crippen LogP contribution in [0.1, 0.15) is 34.5 Å². The van der Waals surface area contributed by atoms with Crippen LogP contribution < -0.4 is 5.32 Å². The van der Waals surface area contributed by atoms with Crippen LogP contribution in [0.25, 0.3) is 0 Å². The Bertz CT molecular complexity index is 648. The molecule has 0 aliphatic carbocycles. The Balaban J connectivity index is 1.65. The molecule has 22 heavy (non-hydrogen) atoms. The van der Waals surface area contributed by atoms with E-state index in [2.05, 4.69) is 46.5 Å². The van der Waals surface area contributed by atoms with Crippen molar-refractivity contribution in [2.24, 2.45) is 0 Å². The van der Waals surface area contributed by atoms with E-state index in [4.69, 9.17) is 0 Å². The minimum Gasteiger partial charge on any atom is -0.366 e. The standard InChI is InChI=1S/C17H20N4O/c1-13-4-6-14(7-5-13)11-18-16-10-15(19-12-20-16)17(22)21-8-2-3-9-21/h4-7,10,12H,2-3,8-9,11H2,1H3,(H,18,19,20). The summed E-state index contributed by atoms with van der Waals surface area (Å²) in [6, 6.07) is 10.1. The van der Waals surface area contributed by atoms with Gasteiger partial charge in [-0.25, -0.2) is 9.97 Å². The van der Waals surface area contributed by atoms with E-state index in [1.807, 2.05) is 4.90 Å². The summed E-state index contributed by atoms with van der Waals surface area (Å²) in [6.07, 6.45) is 3.60. The third-order valence-electron chi connectivity index (χ3n) is 3.87. The number of aromatic nitrogens is 2. The van der Waals surface area contributed by atoms with Crippen molar-refractivity contribution in [2.75, 3.05) is 18.4 Å². The van der Waals surface area contributed by atoms with Crippen molar-refractivity contribution in [3.05, 3.63) is 53.5 Å². The van der Waals surface area contributed by atoms with Gasteiger partial charge in [0.1, 0.15) is 17.8 Å². The largest absolute Gasteiger partial charge is 0.366 e. The normalized spacial score (nSPS) is 14.1. The van der Waals surface area contributed by atoms with Gasteiger partial charge in [0, 0.05) is 25.7 Å². The molecule has 114 valence electrons. The third-order valence-corrected chi connectivity index (χ3v) is 3.87. The van der Waals surface area contributed by atoms with E-state index in [0.717, 1.165) is 25.9 Å². The summed E-state index contributed by atoms with van der Waals surface area (Å²) in [7, 11) is 0. The second-order valence-electron chi connectivity index (χ2n) is 5.63. The van der Waals surface area contributed by atoms with Gasteiger partial charge in [-0.15, -0.1) is 0 Å². The van der Waals surface area contributed by atoms with Gasteiger partial charge in [0.2, 0.25) is 0 Å². The number of amides is 1. The molecular formula is C17H20N4O. The van der Waals surface area contributed by atoms with E-state index in [-0.39, 0.29) is 5.91 Å². The second kappa shape index (κ2) is 6.56. The molecule has 2 aromatic rings. The van der Waals surface area contributed by atoms with E-state index in [1.165, 1.54) is 17.5 Å². The maximum atomic E-state index is 12.3. The molecule has 0 bridgehead atoms. The fraction of sp³-hybridized carbons (Fsp3) is 0.353. The maximum absolute atomic E-state index is 12.3. The predicted octanol–water partition coefficient (Wildman–Crippen LogP) is 2.63. The number of hydrogen-bond donors (Lipinski definition) is 1. The first-order chi connectivity index (χ1) is 10.7. The van der Waals surface area contributed by atoms with Crippen LogP contribution in [0.4, 0.5) is 5.82 Å². The van der Waals surface area contributed by atoms with Gasteiger partial charge in [0.05, 0.1) is 0 Å². The van der Waals surface area contributed by atoms with Gasteiger partial charge in [-0.2, -0.15) is 0 Å². The van der Waals surface area contributed by atoms with Gasteiger partial charge in [-0.05, 0) is 25.3 Å². The lowest BCUT2D eigenvalue weighted by Crippen LogP contribution is -2.28. The van der Waals surface area contributed by atoms with E-state index >= 15 is 0 Å². The molecular weight excluding hydrogens is 276 g/mol. The molecule has 3 rings (SSSR count). The lowest BCUT2D eigenvalue weighted by molar-refractivity contribution is 0.0787. The number of nitrogens with zero attached hydrogens (tertiary/aromatic N) is 3. The highest BCUT2D eigenvalue weighted by Crippen LogP contribution is 2.13. The molecule has 1 fully saturated rings. The molecule has 1 aromatic heterocycles. The molecule has 5 heteroatoms. The monoisotopic (exact) mass is 296 g/mol. The van der Waals surface area contributed by atoms with E-state index in [0.29, 0.717) is 18.1 Å². The molecule has 1 saturated heterocycles. The minimum absolute atomic E-state index is 0.00159. The van der Waals surface area contributed by atoms with Crippen LogP contribution in [0.2, 0.25) is 0 Å². The van der Waals surface area contributed by atoms with Crippen molar-refractivity contribution in [1.29, 1.82) is 0 Å². The summed E-state index contributed by atoms with van der Waals surface area (Å²) >= 11 is 0. The molecule has 0 atom stereocenters. The molecule has 0 unspecified atom stereocenters. The zero-order valence-corrected chi connectivity index (χ0v) is 12.7. The molecule has 1 amide bonds. The first kappa shape index (κ1) is 14.5. The van der Waals surface area contributed by atoms with Crippen LogP contribution in [0.3, 0.4) is 0 Å². The van der Waals surface area contributed by atoms with Gasteiger partial charge < -0.3 is 10.2 Å². The topological polar surface area (TPSA) is 58.1 Å². The van der Waals surface area contributed by atoms with Crippen molar-refractivity contribution in [3.63, 3.8) is 0 Å². The average molecular weight is 296 g/mol. The van der Waals surface area contributed by atoms with Crippen molar-refractivity contribution in [3.8, 4) is 0 Å². The smallest absolute Gasteiger partial charge is 0.272 e. The fourth-order valence-corrected chi connectivity index (χ4v) is 2.55. The first-order valence-corrected chi connectivity index (χ1v) is 7.63. The maximum Gasteiger partial charge on any atom is 0.272 e. The average Bonchev–Trinajstić information content (AvgIpc) is 3.08. The van der Waals surface area contributed by atoms with Gasteiger partial charge in [0.15, 0.2) is 0 Å². The van der Waals surface area contributed by atoms with Crippen molar-refractivity contribution in [2.45, 2.75) is 26.3 Å². The Morgan fingerprint density at radius 1 is 1.18 bits per heavy atom. The van der Waals surface area contributed by atoms with Crippen LogP contribution in [0, 0.1) is 6.92 Å². The zero-order chi connectivity index (χ0) is 15.4. The summed E-state index contributed by atoms with van der Waals surface area (Å²) < 4.78 is 0. The van der Waals surface area contributed by atoms with Crippen LogP contribution >= 0.6 is 0 Å². The number of likely N-dealkylation sites (tertiary alicyclic amines) is 1. The van der Waals surface area contributed by atoms with Crippen LogP contribution in [-0.2, 0) is 6.54 Å². The summed E-state index contributed by atoms with van der Waals surface area (Å²) in [4.78, 5) is 22.5. The van der Waals surface area contributed by atoms with Gasteiger partial charge in [-0.3, -0.25) is 4.79 Å². The van der Waals surface area contributed by atoms with Gasteiger partial charge in [0.25, 0.3) is 5.91 Å². The Kier molecular flexibility index (Phi) is 4.32. The summed E-state index contributed by atoms with van der Waals surface area (Å²) in [5.41, 5.74) is 2.88. The summed E-state index contributed by atoms with van der Waals surface area (Å²) in [6.45, 7) is 4.40. The van der Waals surface area contributed by atoms with Crippen molar-refractivity contribution >= 4 is 11.7 Å². The number of hydrogen-bond acceptors (Lipinski definition) is 4. The van der Waals surface area contributed by atoms with Crippen molar-refractivity contribution < 1.29 is 4.79 Å². The highest BCUT2D eigenvalue weighted by Gasteiger charge is 2.20. The first-order valence-electron chi connectivity index (χ1n) is 7.63. The molecule has 5 nitrogen and oxygen atoms in total. The lowest BCUT2D eigenvalue weighted by Gasteiger charge is -2.14. The number of carbonyl (C=O) groups is 1. The molecule has 1 aromatic carbocycles. The SMILES string of the molecule is Cc1ccc(CNc2cc(C(=O)N3CCCC3)ncn2)cc1. The quantitative estimate of drug-likeness (QED) is 0.942. The Morgan fingerprint density at radius 3 is 2.64 bits per heavy atom. The number of rotatable bonds is 4. The number of nitrogens with one attached hydrogen (secondary N) is 1. The van der Waals surface area contributed by atoms with Crippen molar-refractivity contribution in [1.82, 2.24) is 14.9 Å². The van der Waals surface area contributed by atoms with Gasteiger partial charge in [-0.1, -0.05) is 29.8 Å². The predicted molar refractivity (Wildman–Crippen MR) is 85.7 cm³/mol.